The highest BCUT2D eigenvalue weighted by atomic mass is 35.5. The summed E-state index contributed by atoms with van der Waals surface area (Å²) in [7, 11) is -8.23. The molecule has 38 heavy (non-hydrogen) atoms. The quantitative estimate of drug-likeness (QED) is 0.327. The maximum Gasteiger partial charge on any atom is 0.285 e. The van der Waals surface area contributed by atoms with E-state index in [1.54, 1.807) is 12.1 Å². The third kappa shape index (κ3) is 6.57. The number of hydrogen-bond donors (Lipinski definition) is 2. The van der Waals surface area contributed by atoms with E-state index in [0.29, 0.717) is 10.7 Å². The van der Waals surface area contributed by atoms with E-state index >= 15 is 0 Å². The van der Waals surface area contributed by atoms with Crippen molar-refractivity contribution >= 4 is 43.3 Å². The number of nitrogens with one attached hydrogen (secondary N) is 1. The van der Waals surface area contributed by atoms with Crippen LogP contribution >= 0.6 is 11.6 Å². The van der Waals surface area contributed by atoms with Gasteiger partial charge in [-0.25, -0.2) is 23.0 Å². The van der Waals surface area contributed by atoms with Crippen LogP contribution in [0.2, 0.25) is 5.02 Å². The first-order valence-electron chi connectivity index (χ1n) is 11.5. The lowest BCUT2D eigenvalue weighted by molar-refractivity contribution is 0.454. The normalized spacial score (nSPS) is 17.3. The van der Waals surface area contributed by atoms with E-state index in [-0.39, 0.29) is 29.9 Å². The molecule has 0 unspecified atom stereocenters. The van der Waals surface area contributed by atoms with Gasteiger partial charge in [0.25, 0.3) is 10.0 Å². The zero-order valence-corrected chi connectivity index (χ0v) is 22.6. The number of primary sulfonamides is 1. The third-order valence-corrected chi connectivity index (χ3v) is 8.75. The molecule has 1 heterocycles. The molecule has 0 bridgehead atoms. The van der Waals surface area contributed by atoms with Gasteiger partial charge in [-0.1, -0.05) is 54.1 Å². The van der Waals surface area contributed by atoms with Gasteiger partial charge in [0.1, 0.15) is 5.82 Å². The molecule has 2 atom stereocenters. The van der Waals surface area contributed by atoms with Crippen molar-refractivity contribution in [3.8, 4) is 0 Å². The van der Waals surface area contributed by atoms with E-state index in [1.807, 2.05) is 42.5 Å². The largest absolute Gasteiger partial charge is 0.353 e. The average molecular weight is 578 g/mol. The van der Waals surface area contributed by atoms with Gasteiger partial charge in [-0.05, 0) is 54.4 Å². The summed E-state index contributed by atoms with van der Waals surface area (Å²) in [6.45, 7) is 1.36. The molecule has 3 N–H and O–H groups in total. The molecule has 13 heteroatoms. The molecule has 0 aromatic heterocycles. The molecular formula is C25H25ClFN5O4S2. The summed E-state index contributed by atoms with van der Waals surface area (Å²) in [5.74, 6) is -1.07. The molecule has 0 fully saturated rings. The summed E-state index contributed by atoms with van der Waals surface area (Å²) >= 11 is 6.07. The lowest BCUT2D eigenvalue weighted by Gasteiger charge is -2.21. The minimum atomic E-state index is -4.32. The maximum atomic E-state index is 13.4. The molecule has 9 nitrogen and oxygen atoms in total. The van der Waals surface area contributed by atoms with Gasteiger partial charge in [0, 0.05) is 17.5 Å². The molecule has 0 aliphatic carbocycles. The summed E-state index contributed by atoms with van der Waals surface area (Å²) in [5.41, 5.74) is 2.34. The minimum Gasteiger partial charge on any atom is -0.353 e. The van der Waals surface area contributed by atoms with Crippen LogP contribution in [0.15, 0.2) is 93.3 Å². The van der Waals surface area contributed by atoms with E-state index < -0.39 is 31.1 Å². The summed E-state index contributed by atoms with van der Waals surface area (Å²) < 4.78 is 67.1. The molecule has 1 aliphatic heterocycles. The van der Waals surface area contributed by atoms with Crippen molar-refractivity contribution in [2.45, 2.75) is 23.0 Å². The molecule has 200 valence electrons. The molecular weight excluding hydrogens is 553 g/mol. The van der Waals surface area contributed by atoms with Crippen LogP contribution in [0.5, 0.6) is 0 Å². The van der Waals surface area contributed by atoms with Crippen LogP contribution in [0, 0.1) is 5.82 Å². The first-order chi connectivity index (χ1) is 17.9. The van der Waals surface area contributed by atoms with E-state index in [4.69, 9.17) is 16.7 Å². The number of nitrogens with two attached hydrogens (primary N) is 1. The number of halogens is 2. The minimum absolute atomic E-state index is 0.199. The topological polar surface area (TPSA) is 134 Å². The fourth-order valence-corrected chi connectivity index (χ4v) is 5.17. The Balaban J connectivity index is 1.78. The molecule has 3 aromatic carbocycles. The molecule has 0 spiro atoms. The second kappa shape index (κ2) is 11.2. The van der Waals surface area contributed by atoms with Crippen LogP contribution in [0.3, 0.4) is 0 Å². The van der Waals surface area contributed by atoms with Crippen molar-refractivity contribution < 1.29 is 21.2 Å². The number of sulfonamides is 2. The second-order valence-corrected chi connectivity index (χ2v) is 12.7. The highest BCUT2D eigenvalue weighted by Gasteiger charge is 2.33. The van der Waals surface area contributed by atoms with Gasteiger partial charge in [0.15, 0.2) is 0 Å². The third-order valence-electron chi connectivity index (χ3n) is 5.93. The zero-order valence-electron chi connectivity index (χ0n) is 20.2. The molecule has 4 rings (SSSR count). The number of guanidine groups is 1. The Hall–Kier alpha value is -3.32. The molecule has 1 aliphatic rings. The summed E-state index contributed by atoms with van der Waals surface area (Å²) in [6, 6.07) is 20.8. The van der Waals surface area contributed by atoms with Gasteiger partial charge in [-0.15, -0.1) is 4.40 Å². The Morgan fingerprint density at radius 3 is 2.32 bits per heavy atom. The van der Waals surface area contributed by atoms with E-state index in [9.17, 15) is 21.2 Å². The zero-order chi connectivity index (χ0) is 27.5. The van der Waals surface area contributed by atoms with Gasteiger partial charge in [-0.3, -0.25) is 0 Å². The van der Waals surface area contributed by atoms with Crippen LogP contribution in [-0.2, 0) is 20.0 Å². The van der Waals surface area contributed by atoms with Crippen LogP contribution in [-0.4, -0.2) is 51.9 Å². The number of hydrogen-bond acceptors (Lipinski definition) is 5. The molecule has 0 radical (unpaired) electrons. The summed E-state index contributed by atoms with van der Waals surface area (Å²) in [5, 5.41) is 13.6. The predicted molar refractivity (Wildman–Crippen MR) is 145 cm³/mol. The molecule has 3 aromatic rings. The van der Waals surface area contributed by atoms with Crippen LogP contribution in [0.4, 0.5) is 4.39 Å². The fourth-order valence-electron chi connectivity index (χ4n) is 3.76. The van der Waals surface area contributed by atoms with E-state index in [1.165, 1.54) is 11.9 Å². The SMILES string of the molecule is C[C@H](CN/C(=N\S(=O)(=O)c1ccc(F)cc1)N1C[C@H](c2ccccc2)C(c2ccc(Cl)cc2)=N1)S(N)(=O)=O. The first kappa shape index (κ1) is 27.7. The Kier molecular flexibility index (Phi) is 8.16. The average Bonchev–Trinajstić information content (AvgIpc) is 3.32. The second-order valence-electron chi connectivity index (χ2n) is 8.66. The van der Waals surface area contributed by atoms with Gasteiger partial charge in [0.05, 0.1) is 22.4 Å². The highest BCUT2D eigenvalue weighted by Crippen LogP contribution is 2.30. The smallest absolute Gasteiger partial charge is 0.285 e. The van der Waals surface area contributed by atoms with E-state index in [0.717, 1.165) is 35.4 Å². The van der Waals surface area contributed by atoms with Gasteiger partial charge < -0.3 is 5.32 Å². The van der Waals surface area contributed by atoms with Crippen molar-refractivity contribution in [1.82, 2.24) is 10.3 Å². The van der Waals surface area contributed by atoms with Crippen molar-refractivity contribution in [2.24, 2.45) is 14.6 Å². The Labute approximate surface area is 225 Å². The van der Waals surface area contributed by atoms with Crippen molar-refractivity contribution in [3.63, 3.8) is 0 Å². The van der Waals surface area contributed by atoms with Gasteiger partial charge in [0.2, 0.25) is 16.0 Å². The lowest BCUT2D eigenvalue weighted by atomic mass is 9.91. The monoisotopic (exact) mass is 577 g/mol. The standard InChI is InChI=1S/C25H25ClFN5O4S2/c1-17(37(28,33)34)15-29-25(31-38(35,36)22-13-11-21(27)12-14-22)32-16-23(18-5-3-2-4-6-18)24(30-32)19-7-9-20(26)10-8-19/h2-14,17,23H,15-16H2,1H3,(H,29,31)(H2,28,33,34)/t17-,23-/m1/s1. The Bertz CT molecular complexity index is 1560. The molecule has 0 amide bonds. The Morgan fingerprint density at radius 1 is 1.08 bits per heavy atom. The van der Waals surface area contributed by atoms with Crippen molar-refractivity contribution in [1.29, 1.82) is 0 Å². The fraction of sp³-hybridized carbons (Fsp3) is 0.200. The first-order valence-corrected chi connectivity index (χ1v) is 14.9. The highest BCUT2D eigenvalue weighted by molar-refractivity contribution is 7.90. The van der Waals surface area contributed by atoms with Crippen LogP contribution in [0.1, 0.15) is 24.0 Å². The Morgan fingerprint density at radius 2 is 1.71 bits per heavy atom. The van der Waals surface area contributed by atoms with Crippen molar-refractivity contribution in [3.05, 3.63) is 101 Å². The summed E-state index contributed by atoms with van der Waals surface area (Å²) in [6.07, 6.45) is 0. The summed E-state index contributed by atoms with van der Waals surface area (Å²) in [4.78, 5) is -0.238. The van der Waals surface area contributed by atoms with Crippen molar-refractivity contribution in [2.75, 3.05) is 13.1 Å². The lowest BCUT2D eigenvalue weighted by Crippen LogP contribution is -2.44. The molecule has 0 saturated heterocycles. The number of nitrogens with zero attached hydrogens (tertiary/aromatic N) is 3. The van der Waals surface area contributed by atoms with Gasteiger partial charge >= 0.3 is 0 Å². The predicted octanol–water partition coefficient (Wildman–Crippen LogP) is 3.29. The number of hydrazone groups is 1. The van der Waals surface area contributed by atoms with E-state index in [2.05, 4.69) is 14.8 Å². The maximum absolute atomic E-state index is 13.4. The number of rotatable bonds is 7. The van der Waals surface area contributed by atoms with Crippen LogP contribution in [0.25, 0.3) is 0 Å². The van der Waals surface area contributed by atoms with Gasteiger partial charge in [-0.2, -0.15) is 13.5 Å². The molecule has 0 saturated carbocycles. The number of benzene rings is 3. The van der Waals surface area contributed by atoms with Crippen LogP contribution < -0.4 is 10.5 Å².